The van der Waals surface area contributed by atoms with Crippen LogP contribution in [0.4, 0.5) is 0 Å². The third-order valence-electron chi connectivity index (χ3n) is 6.03. The second-order valence-corrected chi connectivity index (χ2v) is 10.3. The van der Waals surface area contributed by atoms with Crippen molar-refractivity contribution in [2.24, 2.45) is 0 Å². The van der Waals surface area contributed by atoms with Crippen LogP contribution in [0, 0.1) is 0 Å². The molecule has 1 unspecified atom stereocenters. The van der Waals surface area contributed by atoms with Gasteiger partial charge in [0.25, 0.3) is 5.91 Å². The summed E-state index contributed by atoms with van der Waals surface area (Å²) in [4.78, 5) is 15.1. The second-order valence-electron chi connectivity index (χ2n) is 8.49. The van der Waals surface area contributed by atoms with Crippen molar-refractivity contribution in [3.8, 4) is 0 Å². The van der Waals surface area contributed by atoms with Gasteiger partial charge in [0.15, 0.2) is 0 Å². The molecule has 172 valence electrons. The number of carbonyl (C=O) groups is 1. The Morgan fingerprint density at radius 3 is 2.31 bits per heavy atom. The van der Waals surface area contributed by atoms with Crippen LogP contribution in [0.25, 0.3) is 0 Å². The number of benzene rings is 2. The van der Waals surface area contributed by atoms with Gasteiger partial charge in [-0.25, -0.2) is 13.1 Å². The van der Waals surface area contributed by atoms with Crippen LogP contribution >= 0.6 is 0 Å². The maximum Gasteiger partial charge on any atom is 0.251 e. The Morgan fingerprint density at radius 2 is 1.66 bits per heavy atom. The highest BCUT2D eigenvalue weighted by atomic mass is 32.2. The van der Waals surface area contributed by atoms with E-state index >= 15 is 0 Å². The van der Waals surface area contributed by atoms with Crippen molar-refractivity contribution in [3.63, 3.8) is 0 Å². The van der Waals surface area contributed by atoms with Gasteiger partial charge in [-0.05, 0) is 74.2 Å². The fourth-order valence-corrected chi connectivity index (χ4v) is 5.19. The lowest BCUT2D eigenvalue weighted by atomic mass is 10.1. The van der Waals surface area contributed by atoms with E-state index in [4.69, 9.17) is 4.74 Å². The van der Waals surface area contributed by atoms with Crippen molar-refractivity contribution in [3.05, 3.63) is 65.2 Å². The van der Waals surface area contributed by atoms with Crippen molar-refractivity contribution >= 4 is 15.9 Å². The van der Waals surface area contributed by atoms with Gasteiger partial charge in [-0.1, -0.05) is 24.3 Å². The standard InChI is InChI=1S/C24H31N3O4S/c28-24(25-16-19-5-7-20(8-6-19)18-27-13-1-2-14-27)21-9-11-23(12-10-21)32(29,30)26-17-22-4-3-15-31-22/h5-12,22,26H,1-4,13-18H2,(H,25,28). The van der Waals surface area contributed by atoms with Gasteiger partial charge >= 0.3 is 0 Å². The molecule has 2 aromatic rings. The van der Waals surface area contributed by atoms with Crippen LogP contribution in [0.5, 0.6) is 0 Å². The predicted molar refractivity (Wildman–Crippen MR) is 123 cm³/mol. The molecule has 2 fully saturated rings. The number of amides is 1. The molecule has 8 heteroatoms. The zero-order valence-corrected chi connectivity index (χ0v) is 19.1. The zero-order valence-electron chi connectivity index (χ0n) is 18.3. The Kier molecular flexibility index (Phi) is 7.57. The quantitative estimate of drug-likeness (QED) is 0.605. The molecule has 0 spiro atoms. The minimum atomic E-state index is -3.62. The molecule has 2 aliphatic heterocycles. The van der Waals surface area contributed by atoms with Gasteiger partial charge in [-0.3, -0.25) is 9.69 Å². The fourth-order valence-electron chi connectivity index (χ4n) is 4.12. The van der Waals surface area contributed by atoms with Gasteiger partial charge < -0.3 is 10.1 Å². The second kappa shape index (κ2) is 10.6. The average Bonchev–Trinajstić information content (AvgIpc) is 3.52. The molecule has 4 rings (SSSR count). The van der Waals surface area contributed by atoms with Crippen molar-refractivity contribution in [2.45, 2.75) is 49.8 Å². The highest BCUT2D eigenvalue weighted by Gasteiger charge is 2.20. The summed E-state index contributed by atoms with van der Waals surface area (Å²) in [6.07, 6.45) is 4.32. The van der Waals surface area contributed by atoms with E-state index < -0.39 is 10.0 Å². The van der Waals surface area contributed by atoms with E-state index in [0.29, 0.717) is 18.7 Å². The monoisotopic (exact) mass is 457 g/mol. The molecule has 0 radical (unpaired) electrons. The summed E-state index contributed by atoms with van der Waals surface area (Å²) < 4.78 is 32.9. The molecular weight excluding hydrogens is 426 g/mol. The van der Waals surface area contributed by atoms with Gasteiger partial charge in [-0.15, -0.1) is 0 Å². The first kappa shape index (κ1) is 22.9. The predicted octanol–water partition coefficient (Wildman–Crippen LogP) is 2.67. The smallest absolute Gasteiger partial charge is 0.251 e. The maximum absolute atomic E-state index is 12.5. The minimum Gasteiger partial charge on any atom is -0.377 e. The Morgan fingerprint density at radius 1 is 0.969 bits per heavy atom. The molecule has 2 aliphatic rings. The Labute approximate surface area is 190 Å². The molecule has 7 nitrogen and oxygen atoms in total. The summed E-state index contributed by atoms with van der Waals surface area (Å²) in [7, 11) is -3.62. The first-order chi connectivity index (χ1) is 15.5. The summed E-state index contributed by atoms with van der Waals surface area (Å²) in [5, 5.41) is 2.90. The van der Waals surface area contributed by atoms with Crippen molar-refractivity contribution in [1.29, 1.82) is 0 Å². The lowest BCUT2D eigenvalue weighted by Crippen LogP contribution is -2.31. The first-order valence-corrected chi connectivity index (χ1v) is 12.8. The number of rotatable bonds is 9. The molecule has 0 bridgehead atoms. The number of likely N-dealkylation sites (tertiary alicyclic amines) is 1. The number of hydrogen-bond acceptors (Lipinski definition) is 5. The molecule has 0 aliphatic carbocycles. The van der Waals surface area contributed by atoms with Crippen LogP contribution < -0.4 is 10.0 Å². The highest BCUT2D eigenvalue weighted by molar-refractivity contribution is 7.89. The average molecular weight is 458 g/mol. The molecular formula is C24H31N3O4S. The molecule has 2 saturated heterocycles. The van der Waals surface area contributed by atoms with E-state index in [9.17, 15) is 13.2 Å². The third kappa shape index (κ3) is 6.16. The maximum atomic E-state index is 12.5. The Bertz CT molecular complexity index is 995. The van der Waals surface area contributed by atoms with E-state index in [1.807, 2.05) is 12.1 Å². The summed E-state index contributed by atoms with van der Waals surface area (Å²) in [5.41, 5.74) is 2.74. The van der Waals surface area contributed by atoms with Crippen LogP contribution in [-0.4, -0.2) is 51.6 Å². The summed E-state index contributed by atoms with van der Waals surface area (Å²) in [5.74, 6) is -0.234. The summed E-state index contributed by atoms with van der Waals surface area (Å²) in [6.45, 7) is 4.68. The Hall–Kier alpha value is -2.26. The van der Waals surface area contributed by atoms with Crippen molar-refractivity contribution in [1.82, 2.24) is 14.9 Å². The number of ether oxygens (including phenoxy) is 1. The molecule has 1 atom stereocenters. The molecule has 2 heterocycles. The van der Waals surface area contributed by atoms with Gasteiger partial charge in [0.05, 0.1) is 11.0 Å². The number of nitrogens with zero attached hydrogens (tertiary/aromatic N) is 1. The minimum absolute atomic E-state index is 0.0656. The number of sulfonamides is 1. The van der Waals surface area contributed by atoms with Gasteiger partial charge in [0.2, 0.25) is 10.0 Å². The van der Waals surface area contributed by atoms with E-state index in [1.165, 1.54) is 55.8 Å². The molecule has 32 heavy (non-hydrogen) atoms. The lowest BCUT2D eigenvalue weighted by Gasteiger charge is -2.14. The molecule has 0 saturated carbocycles. The third-order valence-corrected chi connectivity index (χ3v) is 7.47. The topological polar surface area (TPSA) is 87.7 Å². The van der Waals surface area contributed by atoms with E-state index in [2.05, 4.69) is 27.1 Å². The molecule has 2 aromatic carbocycles. The highest BCUT2D eigenvalue weighted by Crippen LogP contribution is 2.15. The summed E-state index contributed by atoms with van der Waals surface area (Å²) >= 11 is 0. The van der Waals surface area contributed by atoms with Gasteiger partial charge in [0, 0.05) is 31.8 Å². The lowest BCUT2D eigenvalue weighted by molar-refractivity contribution is 0.0951. The van der Waals surface area contributed by atoms with Crippen LogP contribution in [0.15, 0.2) is 53.4 Å². The van der Waals surface area contributed by atoms with E-state index in [-0.39, 0.29) is 23.5 Å². The normalized spacial score (nSPS) is 19.3. The molecule has 2 N–H and O–H groups in total. The number of hydrogen-bond donors (Lipinski definition) is 2. The summed E-state index contributed by atoms with van der Waals surface area (Å²) in [6, 6.07) is 14.3. The SMILES string of the molecule is O=C(NCc1ccc(CN2CCCC2)cc1)c1ccc(S(=O)(=O)NCC2CCCO2)cc1. The van der Waals surface area contributed by atoms with Crippen LogP contribution in [0.3, 0.4) is 0 Å². The number of nitrogens with one attached hydrogen (secondary N) is 2. The molecule has 0 aromatic heterocycles. The van der Waals surface area contributed by atoms with Gasteiger partial charge in [-0.2, -0.15) is 0 Å². The van der Waals surface area contributed by atoms with Crippen molar-refractivity contribution in [2.75, 3.05) is 26.2 Å². The first-order valence-electron chi connectivity index (χ1n) is 11.3. The number of carbonyl (C=O) groups excluding carboxylic acids is 1. The van der Waals surface area contributed by atoms with Crippen LogP contribution in [-0.2, 0) is 27.8 Å². The van der Waals surface area contributed by atoms with Gasteiger partial charge in [0.1, 0.15) is 0 Å². The van der Waals surface area contributed by atoms with Crippen LogP contribution in [0.1, 0.15) is 47.2 Å². The Balaban J connectivity index is 1.27. The van der Waals surface area contributed by atoms with E-state index in [0.717, 1.165) is 24.9 Å². The zero-order chi connectivity index (χ0) is 22.4. The van der Waals surface area contributed by atoms with Crippen molar-refractivity contribution < 1.29 is 17.9 Å². The molecule has 1 amide bonds. The largest absolute Gasteiger partial charge is 0.377 e. The van der Waals surface area contributed by atoms with Crippen LogP contribution in [0.2, 0.25) is 0 Å². The fraction of sp³-hybridized carbons (Fsp3) is 0.458. The van der Waals surface area contributed by atoms with E-state index in [1.54, 1.807) is 0 Å².